The lowest BCUT2D eigenvalue weighted by atomic mass is 10.1. The van der Waals surface area contributed by atoms with Crippen molar-refractivity contribution in [2.45, 2.75) is 19.0 Å². The van der Waals surface area contributed by atoms with Gasteiger partial charge in [-0.3, -0.25) is 14.5 Å². The zero-order valence-corrected chi connectivity index (χ0v) is 13.7. The fourth-order valence-electron chi connectivity index (χ4n) is 2.58. The van der Waals surface area contributed by atoms with Crippen LogP contribution in [0.2, 0.25) is 0 Å². The van der Waals surface area contributed by atoms with Gasteiger partial charge in [-0.05, 0) is 31.0 Å². The Balaban J connectivity index is 1.71. The smallest absolute Gasteiger partial charge is 0.376 e. The van der Waals surface area contributed by atoms with E-state index >= 15 is 0 Å². The Labute approximate surface area is 146 Å². The lowest BCUT2D eigenvalue weighted by Gasteiger charge is -2.18. The summed E-state index contributed by atoms with van der Waals surface area (Å²) in [7, 11) is 0. The zero-order valence-electron chi connectivity index (χ0n) is 13.7. The van der Waals surface area contributed by atoms with Crippen molar-refractivity contribution in [3.8, 4) is 0 Å². The highest BCUT2D eigenvalue weighted by molar-refractivity contribution is 5.98. The van der Waals surface area contributed by atoms with E-state index in [1.54, 1.807) is 0 Å². The minimum Gasteiger partial charge on any atom is -0.376 e. The summed E-state index contributed by atoms with van der Waals surface area (Å²) in [6.07, 6.45) is -3.19. The SMILES string of the molecule is O=C(Nc1ccc(NCC(=O)N2CCNC2=O)c(C(F)(F)F)c1)C1CC1. The van der Waals surface area contributed by atoms with Crippen LogP contribution >= 0.6 is 0 Å². The molecule has 0 aromatic heterocycles. The normalized spacial score (nSPS) is 17.0. The fourth-order valence-corrected chi connectivity index (χ4v) is 2.58. The molecule has 1 aliphatic carbocycles. The summed E-state index contributed by atoms with van der Waals surface area (Å²) in [6, 6.07) is 2.76. The van der Waals surface area contributed by atoms with Gasteiger partial charge in [-0.25, -0.2) is 4.79 Å². The summed E-state index contributed by atoms with van der Waals surface area (Å²) in [5.74, 6) is -1.06. The average molecular weight is 370 g/mol. The number of anilines is 2. The van der Waals surface area contributed by atoms with E-state index in [2.05, 4.69) is 16.0 Å². The maximum atomic E-state index is 13.3. The third kappa shape index (κ3) is 4.06. The maximum absolute atomic E-state index is 13.3. The first-order valence-electron chi connectivity index (χ1n) is 8.10. The molecule has 7 nitrogen and oxygen atoms in total. The molecule has 1 aliphatic heterocycles. The van der Waals surface area contributed by atoms with Gasteiger partial charge in [0.1, 0.15) is 0 Å². The number of halogens is 3. The molecule has 1 heterocycles. The van der Waals surface area contributed by atoms with Gasteiger partial charge in [0, 0.05) is 30.4 Å². The Morgan fingerprint density at radius 2 is 2.00 bits per heavy atom. The number of nitrogens with one attached hydrogen (secondary N) is 3. The molecule has 1 saturated heterocycles. The molecule has 1 aromatic carbocycles. The van der Waals surface area contributed by atoms with E-state index < -0.39 is 30.2 Å². The Hall–Kier alpha value is -2.78. The van der Waals surface area contributed by atoms with Crippen molar-refractivity contribution in [2.24, 2.45) is 5.92 Å². The van der Waals surface area contributed by atoms with Crippen LogP contribution < -0.4 is 16.0 Å². The van der Waals surface area contributed by atoms with Crippen LogP contribution in [-0.2, 0) is 15.8 Å². The molecule has 140 valence electrons. The first-order chi connectivity index (χ1) is 12.3. The maximum Gasteiger partial charge on any atom is 0.418 e. The molecular weight excluding hydrogens is 353 g/mol. The molecule has 1 saturated carbocycles. The molecule has 0 bridgehead atoms. The molecule has 2 fully saturated rings. The topological polar surface area (TPSA) is 90.5 Å². The minimum atomic E-state index is -4.67. The van der Waals surface area contributed by atoms with Gasteiger partial charge in [0.25, 0.3) is 0 Å². The van der Waals surface area contributed by atoms with Crippen molar-refractivity contribution in [3.05, 3.63) is 23.8 Å². The molecule has 4 amide bonds. The van der Waals surface area contributed by atoms with Gasteiger partial charge in [-0.15, -0.1) is 0 Å². The lowest BCUT2D eigenvalue weighted by molar-refractivity contribution is -0.137. The van der Waals surface area contributed by atoms with Crippen LogP contribution in [0.5, 0.6) is 0 Å². The second kappa shape index (κ2) is 6.85. The van der Waals surface area contributed by atoms with Gasteiger partial charge < -0.3 is 16.0 Å². The number of nitrogens with zero attached hydrogens (tertiary/aromatic N) is 1. The predicted octanol–water partition coefficient (Wildman–Crippen LogP) is 2.02. The molecule has 3 N–H and O–H groups in total. The first-order valence-corrected chi connectivity index (χ1v) is 8.10. The molecule has 0 spiro atoms. The number of rotatable bonds is 5. The molecule has 1 aromatic rings. The third-order valence-electron chi connectivity index (χ3n) is 4.13. The fraction of sp³-hybridized carbons (Fsp3) is 0.438. The van der Waals surface area contributed by atoms with Gasteiger partial charge >= 0.3 is 12.2 Å². The van der Waals surface area contributed by atoms with Gasteiger partial charge in [-0.1, -0.05) is 0 Å². The first kappa shape index (κ1) is 18.0. The summed E-state index contributed by atoms with van der Waals surface area (Å²) in [4.78, 5) is 36.0. The van der Waals surface area contributed by atoms with Crippen molar-refractivity contribution in [3.63, 3.8) is 0 Å². The van der Waals surface area contributed by atoms with E-state index in [0.717, 1.165) is 29.9 Å². The molecule has 0 unspecified atom stereocenters. The number of alkyl halides is 3. The highest BCUT2D eigenvalue weighted by atomic mass is 19.4. The lowest BCUT2D eigenvalue weighted by Crippen LogP contribution is -2.38. The van der Waals surface area contributed by atoms with Gasteiger partial charge in [-0.2, -0.15) is 13.2 Å². The van der Waals surface area contributed by atoms with Crippen LogP contribution in [-0.4, -0.2) is 42.4 Å². The molecule has 2 aliphatic rings. The zero-order chi connectivity index (χ0) is 18.9. The van der Waals surface area contributed by atoms with E-state index in [1.807, 2.05) is 0 Å². The molecule has 3 rings (SSSR count). The number of urea groups is 1. The van der Waals surface area contributed by atoms with Crippen molar-refractivity contribution in [2.75, 3.05) is 30.3 Å². The Bertz CT molecular complexity index is 747. The molecule has 26 heavy (non-hydrogen) atoms. The highest BCUT2D eigenvalue weighted by Gasteiger charge is 2.35. The van der Waals surface area contributed by atoms with Gasteiger partial charge in [0.05, 0.1) is 12.1 Å². The van der Waals surface area contributed by atoms with Gasteiger partial charge in [0.15, 0.2) is 0 Å². The number of hydrogen-bond donors (Lipinski definition) is 3. The Morgan fingerprint density at radius 1 is 1.27 bits per heavy atom. The Kier molecular flexibility index (Phi) is 4.75. The summed E-state index contributed by atoms with van der Waals surface area (Å²) in [5, 5.41) is 7.34. The third-order valence-corrected chi connectivity index (χ3v) is 4.13. The van der Waals surface area contributed by atoms with Gasteiger partial charge in [0.2, 0.25) is 11.8 Å². The summed E-state index contributed by atoms with van der Waals surface area (Å²) in [5.41, 5.74) is -1.25. The van der Waals surface area contributed by atoms with Crippen molar-refractivity contribution >= 4 is 29.2 Å². The predicted molar refractivity (Wildman–Crippen MR) is 86.4 cm³/mol. The molecule has 0 radical (unpaired) electrons. The van der Waals surface area contributed by atoms with E-state index in [-0.39, 0.29) is 29.7 Å². The van der Waals surface area contributed by atoms with Crippen LogP contribution in [0.4, 0.5) is 29.3 Å². The van der Waals surface area contributed by atoms with Crippen molar-refractivity contribution in [1.29, 1.82) is 0 Å². The summed E-state index contributed by atoms with van der Waals surface area (Å²) >= 11 is 0. The number of carbonyl (C=O) groups excluding carboxylic acids is 3. The van der Waals surface area contributed by atoms with E-state index in [1.165, 1.54) is 6.07 Å². The van der Waals surface area contributed by atoms with Crippen LogP contribution in [0, 0.1) is 5.92 Å². The van der Waals surface area contributed by atoms with Crippen LogP contribution in [0.15, 0.2) is 18.2 Å². The number of amides is 4. The summed E-state index contributed by atoms with van der Waals surface area (Å²) in [6.45, 7) is 0.0374. The number of imide groups is 1. The minimum absolute atomic E-state index is 0.0463. The standard InChI is InChI=1S/C16H17F3N4O3/c17-16(18,19)11-7-10(22-14(25)9-1-2-9)3-4-12(11)21-8-13(24)23-6-5-20-15(23)26/h3-4,7,9,21H,1-2,5-6,8H2,(H,20,26)(H,22,25). The second-order valence-electron chi connectivity index (χ2n) is 6.15. The monoisotopic (exact) mass is 370 g/mol. The largest absolute Gasteiger partial charge is 0.418 e. The van der Waals surface area contributed by atoms with Crippen LogP contribution in [0.1, 0.15) is 18.4 Å². The molecule has 0 atom stereocenters. The average Bonchev–Trinajstić information content (AvgIpc) is 3.34. The quantitative estimate of drug-likeness (QED) is 0.740. The van der Waals surface area contributed by atoms with Crippen molar-refractivity contribution < 1.29 is 27.6 Å². The molecular formula is C16H17F3N4O3. The van der Waals surface area contributed by atoms with E-state index in [9.17, 15) is 27.6 Å². The van der Waals surface area contributed by atoms with E-state index in [0.29, 0.717) is 6.54 Å². The van der Waals surface area contributed by atoms with Crippen molar-refractivity contribution in [1.82, 2.24) is 10.2 Å². The number of benzene rings is 1. The van der Waals surface area contributed by atoms with Crippen LogP contribution in [0.3, 0.4) is 0 Å². The van der Waals surface area contributed by atoms with Crippen LogP contribution in [0.25, 0.3) is 0 Å². The number of carbonyl (C=O) groups is 3. The summed E-state index contributed by atoms with van der Waals surface area (Å²) < 4.78 is 39.9. The second-order valence-corrected chi connectivity index (χ2v) is 6.15. The van der Waals surface area contributed by atoms with E-state index in [4.69, 9.17) is 0 Å². The highest BCUT2D eigenvalue weighted by Crippen LogP contribution is 2.37. The number of hydrogen-bond acceptors (Lipinski definition) is 4. The Morgan fingerprint density at radius 3 is 2.58 bits per heavy atom. The molecule has 10 heteroatoms.